The smallest absolute Gasteiger partial charge is 0.257 e. The van der Waals surface area contributed by atoms with E-state index in [0.717, 1.165) is 36.8 Å². The molecule has 0 radical (unpaired) electrons. The molecule has 1 aliphatic rings. The van der Waals surface area contributed by atoms with E-state index in [1.807, 2.05) is 53.4 Å². The van der Waals surface area contributed by atoms with E-state index in [4.69, 9.17) is 4.42 Å². The molecular weight excluding hydrogens is 344 g/mol. The summed E-state index contributed by atoms with van der Waals surface area (Å²) >= 11 is 0. The Morgan fingerprint density at radius 1 is 1.33 bits per heavy atom. The van der Waals surface area contributed by atoms with Crippen molar-refractivity contribution in [1.82, 2.24) is 29.4 Å². The number of hydrogen-bond acceptors (Lipinski definition) is 5. The zero-order chi connectivity index (χ0) is 19.0. The van der Waals surface area contributed by atoms with Crippen LogP contribution in [0.5, 0.6) is 0 Å². The van der Waals surface area contributed by atoms with Gasteiger partial charge in [0.2, 0.25) is 0 Å². The van der Waals surface area contributed by atoms with E-state index in [1.165, 1.54) is 0 Å². The second-order valence-corrected chi connectivity index (χ2v) is 7.15. The summed E-state index contributed by atoms with van der Waals surface area (Å²) in [6.45, 7) is 5.70. The molecule has 142 valence electrons. The van der Waals surface area contributed by atoms with E-state index in [0.29, 0.717) is 24.4 Å². The molecule has 4 heterocycles. The van der Waals surface area contributed by atoms with Crippen molar-refractivity contribution in [2.75, 3.05) is 13.1 Å². The molecule has 1 unspecified atom stereocenters. The number of aromatic nitrogens is 5. The standard InChI is InChI=1S/C19H24N6O2/c1-13-10-16(14(2)27-13)19(26)24-8-4-6-15(11-24)18-22-21-17(23(18)3)12-25-9-5-7-20-25/h5,7,9-10,15H,4,6,8,11-12H2,1-3H3. The van der Waals surface area contributed by atoms with Crippen molar-refractivity contribution >= 4 is 5.91 Å². The third-order valence-corrected chi connectivity index (χ3v) is 5.21. The fraction of sp³-hybridized carbons (Fsp3) is 0.474. The first-order valence-corrected chi connectivity index (χ1v) is 9.25. The van der Waals surface area contributed by atoms with E-state index in [1.54, 1.807) is 6.20 Å². The van der Waals surface area contributed by atoms with Crippen LogP contribution in [-0.4, -0.2) is 48.4 Å². The Morgan fingerprint density at radius 3 is 2.89 bits per heavy atom. The minimum atomic E-state index is 0.0352. The van der Waals surface area contributed by atoms with Gasteiger partial charge in [0.1, 0.15) is 23.9 Å². The first-order chi connectivity index (χ1) is 13.0. The van der Waals surface area contributed by atoms with Gasteiger partial charge in [-0.3, -0.25) is 9.48 Å². The molecule has 0 saturated carbocycles. The molecule has 0 bridgehead atoms. The molecule has 0 aliphatic carbocycles. The van der Waals surface area contributed by atoms with Gasteiger partial charge in [-0.15, -0.1) is 10.2 Å². The monoisotopic (exact) mass is 368 g/mol. The van der Waals surface area contributed by atoms with Gasteiger partial charge in [0, 0.05) is 38.4 Å². The second kappa shape index (κ2) is 7.02. The maximum absolute atomic E-state index is 12.9. The zero-order valence-electron chi connectivity index (χ0n) is 15.9. The average molecular weight is 368 g/mol. The SMILES string of the molecule is Cc1cc(C(=O)N2CCCC(c3nnc(Cn4cccn4)n3C)C2)c(C)o1. The number of nitrogens with zero attached hydrogens (tertiary/aromatic N) is 6. The van der Waals surface area contributed by atoms with Crippen LogP contribution in [0, 0.1) is 13.8 Å². The average Bonchev–Trinajstić information content (AvgIpc) is 3.37. The van der Waals surface area contributed by atoms with Gasteiger partial charge in [-0.2, -0.15) is 5.10 Å². The van der Waals surface area contributed by atoms with Crippen LogP contribution in [0.4, 0.5) is 0 Å². The number of aryl methyl sites for hydroxylation is 2. The quantitative estimate of drug-likeness (QED) is 0.706. The summed E-state index contributed by atoms with van der Waals surface area (Å²) in [7, 11) is 1.98. The Balaban J connectivity index is 1.51. The number of amides is 1. The van der Waals surface area contributed by atoms with Crippen molar-refractivity contribution in [2.24, 2.45) is 7.05 Å². The van der Waals surface area contributed by atoms with Gasteiger partial charge in [0.25, 0.3) is 5.91 Å². The Kier molecular flexibility index (Phi) is 4.55. The van der Waals surface area contributed by atoms with Crippen molar-refractivity contribution in [3.63, 3.8) is 0 Å². The highest BCUT2D eigenvalue weighted by Crippen LogP contribution is 2.27. The molecule has 0 aromatic carbocycles. The normalized spacial score (nSPS) is 17.4. The van der Waals surface area contributed by atoms with Crippen LogP contribution in [0.15, 0.2) is 28.9 Å². The van der Waals surface area contributed by atoms with Crippen LogP contribution in [0.2, 0.25) is 0 Å². The number of hydrogen-bond donors (Lipinski definition) is 0. The third-order valence-electron chi connectivity index (χ3n) is 5.21. The maximum Gasteiger partial charge on any atom is 0.257 e. The molecule has 0 spiro atoms. The molecule has 1 aliphatic heterocycles. The minimum absolute atomic E-state index is 0.0352. The van der Waals surface area contributed by atoms with Gasteiger partial charge in [-0.1, -0.05) is 0 Å². The van der Waals surface area contributed by atoms with Gasteiger partial charge in [0.15, 0.2) is 5.82 Å². The number of likely N-dealkylation sites (tertiary alicyclic amines) is 1. The summed E-state index contributed by atoms with van der Waals surface area (Å²) in [5.74, 6) is 3.45. The van der Waals surface area contributed by atoms with E-state index in [-0.39, 0.29) is 11.8 Å². The zero-order valence-corrected chi connectivity index (χ0v) is 15.9. The molecule has 3 aromatic heterocycles. The highest BCUT2D eigenvalue weighted by atomic mass is 16.3. The van der Waals surface area contributed by atoms with Crippen LogP contribution >= 0.6 is 0 Å². The fourth-order valence-corrected chi connectivity index (χ4v) is 3.79. The molecule has 1 saturated heterocycles. The summed E-state index contributed by atoms with van der Waals surface area (Å²) in [5, 5.41) is 13.0. The highest BCUT2D eigenvalue weighted by Gasteiger charge is 2.30. The number of piperidine rings is 1. The van der Waals surface area contributed by atoms with Gasteiger partial charge in [0.05, 0.1) is 5.56 Å². The van der Waals surface area contributed by atoms with Crippen molar-refractivity contribution in [2.45, 2.75) is 39.2 Å². The lowest BCUT2D eigenvalue weighted by atomic mass is 9.96. The molecule has 1 fully saturated rings. The van der Waals surface area contributed by atoms with E-state index in [9.17, 15) is 4.79 Å². The van der Waals surface area contributed by atoms with Crippen LogP contribution in [-0.2, 0) is 13.6 Å². The molecule has 8 heteroatoms. The third kappa shape index (κ3) is 3.39. The first kappa shape index (κ1) is 17.5. The Bertz CT molecular complexity index is 940. The number of carbonyl (C=O) groups excluding carboxylic acids is 1. The Hall–Kier alpha value is -2.90. The second-order valence-electron chi connectivity index (χ2n) is 7.15. The number of furan rings is 1. The Labute approximate surface area is 157 Å². The first-order valence-electron chi connectivity index (χ1n) is 9.25. The van der Waals surface area contributed by atoms with Crippen molar-refractivity contribution in [1.29, 1.82) is 0 Å². The molecule has 1 amide bonds. The van der Waals surface area contributed by atoms with Gasteiger partial charge in [-0.05, 0) is 38.8 Å². The predicted molar refractivity (Wildman–Crippen MR) is 98.4 cm³/mol. The highest BCUT2D eigenvalue weighted by molar-refractivity contribution is 5.95. The molecule has 3 aromatic rings. The summed E-state index contributed by atoms with van der Waals surface area (Å²) < 4.78 is 9.39. The largest absolute Gasteiger partial charge is 0.466 e. The van der Waals surface area contributed by atoms with Gasteiger partial charge in [-0.25, -0.2) is 0 Å². The number of carbonyl (C=O) groups is 1. The van der Waals surface area contributed by atoms with Crippen molar-refractivity contribution < 1.29 is 9.21 Å². The maximum atomic E-state index is 12.9. The number of rotatable bonds is 4. The van der Waals surface area contributed by atoms with Crippen LogP contribution in [0.25, 0.3) is 0 Å². The van der Waals surface area contributed by atoms with Crippen molar-refractivity contribution in [3.8, 4) is 0 Å². The van der Waals surface area contributed by atoms with E-state index < -0.39 is 0 Å². The van der Waals surface area contributed by atoms with Gasteiger partial charge < -0.3 is 13.9 Å². The van der Waals surface area contributed by atoms with E-state index in [2.05, 4.69) is 15.3 Å². The summed E-state index contributed by atoms with van der Waals surface area (Å²) in [5.41, 5.74) is 0.658. The molecule has 0 N–H and O–H groups in total. The lowest BCUT2D eigenvalue weighted by Gasteiger charge is -2.32. The fourth-order valence-electron chi connectivity index (χ4n) is 3.79. The predicted octanol–water partition coefficient (Wildman–Crippen LogP) is 2.29. The van der Waals surface area contributed by atoms with Crippen molar-refractivity contribution in [3.05, 3.63) is 53.3 Å². The van der Waals surface area contributed by atoms with Crippen LogP contribution < -0.4 is 0 Å². The molecule has 27 heavy (non-hydrogen) atoms. The summed E-state index contributed by atoms with van der Waals surface area (Å²) in [4.78, 5) is 14.8. The lowest BCUT2D eigenvalue weighted by Crippen LogP contribution is -2.39. The molecule has 4 rings (SSSR count). The minimum Gasteiger partial charge on any atom is -0.466 e. The lowest BCUT2D eigenvalue weighted by molar-refractivity contribution is 0.0701. The summed E-state index contributed by atoms with van der Waals surface area (Å²) in [6.07, 6.45) is 5.61. The Morgan fingerprint density at radius 2 is 2.19 bits per heavy atom. The van der Waals surface area contributed by atoms with Gasteiger partial charge >= 0.3 is 0 Å². The van der Waals surface area contributed by atoms with E-state index >= 15 is 0 Å². The molecular formula is C19H24N6O2. The molecule has 8 nitrogen and oxygen atoms in total. The topological polar surface area (TPSA) is 82.0 Å². The van der Waals surface area contributed by atoms with Crippen LogP contribution in [0.3, 0.4) is 0 Å². The molecule has 1 atom stereocenters. The summed E-state index contributed by atoms with van der Waals surface area (Å²) in [6, 6.07) is 3.72. The van der Waals surface area contributed by atoms with Crippen LogP contribution in [0.1, 0.15) is 52.3 Å².